The smallest absolute Gasteiger partial charge is 0.203 e. The first kappa shape index (κ1) is 13.6. The molecule has 0 radical (unpaired) electrons. The molecule has 0 fully saturated rings. The molecular formula is C12H12ClN3O2S. The lowest BCUT2D eigenvalue weighted by Gasteiger charge is -2.06. The van der Waals surface area contributed by atoms with Crippen LogP contribution in [0.5, 0.6) is 11.5 Å². The van der Waals surface area contributed by atoms with E-state index in [1.54, 1.807) is 12.1 Å². The van der Waals surface area contributed by atoms with Crippen LogP contribution in [0.2, 0.25) is 5.02 Å². The third-order valence-corrected chi connectivity index (χ3v) is 3.54. The number of phenolic OH excluding ortho intramolecular Hbond substituents is 1. The molecule has 0 bridgehead atoms. The molecule has 2 aromatic rings. The van der Waals surface area contributed by atoms with Crippen LogP contribution in [0.25, 0.3) is 0 Å². The Labute approximate surface area is 119 Å². The molecule has 19 heavy (non-hydrogen) atoms. The maximum atomic E-state index is 9.87. The minimum Gasteiger partial charge on any atom is -0.506 e. The first-order chi connectivity index (χ1) is 9.11. The highest BCUT2D eigenvalue weighted by atomic mass is 35.5. The van der Waals surface area contributed by atoms with E-state index >= 15 is 0 Å². The molecule has 0 atom stereocenters. The van der Waals surface area contributed by atoms with Gasteiger partial charge in [-0.3, -0.25) is 5.43 Å². The average Bonchev–Trinajstić information content (AvgIpc) is 2.81. The Morgan fingerprint density at radius 3 is 2.95 bits per heavy atom. The number of aryl methyl sites for hydroxylation is 1. The van der Waals surface area contributed by atoms with Crippen LogP contribution >= 0.6 is 22.9 Å². The number of halogens is 1. The van der Waals surface area contributed by atoms with Gasteiger partial charge in [0.15, 0.2) is 0 Å². The number of rotatable bonds is 4. The molecular weight excluding hydrogens is 286 g/mol. The molecule has 100 valence electrons. The number of thiazole rings is 1. The minimum atomic E-state index is -0.0677. The Kier molecular flexibility index (Phi) is 4.24. The van der Waals surface area contributed by atoms with Crippen molar-refractivity contribution in [3.63, 3.8) is 0 Å². The van der Waals surface area contributed by atoms with Gasteiger partial charge in [-0.2, -0.15) is 5.10 Å². The van der Waals surface area contributed by atoms with E-state index in [9.17, 15) is 5.11 Å². The standard InChI is InChI=1S/C12H12ClN3O2S/c1-7-6-19-12(15-7)16-14-5-8-3-4-9(18-2)10(13)11(8)17/h3-6,17H,1-2H3,(H,15,16). The second kappa shape index (κ2) is 5.90. The van der Waals surface area contributed by atoms with E-state index in [2.05, 4.69) is 15.5 Å². The number of hydrogen-bond acceptors (Lipinski definition) is 6. The molecule has 1 heterocycles. The Hall–Kier alpha value is -1.79. The normalized spacial score (nSPS) is 10.9. The molecule has 0 saturated carbocycles. The molecule has 5 nitrogen and oxygen atoms in total. The second-order valence-electron chi connectivity index (χ2n) is 3.68. The Bertz CT molecular complexity index is 613. The first-order valence-electron chi connectivity index (χ1n) is 5.38. The summed E-state index contributed by atoms with van der Waals surface area (Å²) in [6.45, 7) is 1.90. The van der Waals surface area contributed by atoms with Crippen LogP contribution in [0.1, 0.15) is 11.3 Å². The summed E-state index contributed by atoms with van der Waals surface area (Å²) in [4.78, 5) is 4.19. The van der Waals surface area contributed by atoms with Crippen molar-refractivity contribution >= 4 is 34.3 Å². The SMILES string of the molecule is COc1ccc(C=NNc2nc(C)cs2)c(O)c1Cl. The molecule has 0 aliphatic carbocycles. The van der Waals surface area contributed by atoms with Gasteiger partial charge >= 0.3 is 0 Å². The van der Waals surface area contributed by atoms with Crippen molar-refractivity contribution in [3.05, 3.63) is 33.8 Å². The van der Waals surface area contributed by atoms with Crippen LogP contribution in [0.4, 0.5) is 5.13 Å². The lowest BCUT2D eigenvalue weighted by atomic mass is 10.2. The van der Waals surface area contributed by atoms with E-state index < -0.39 is 0 Å². The molecule has 1 aromatic heterocycles. The second-order valence-corrected chi connectivity index (χ2v) is 4.92. The Balaban J connectivity index is 2.13. The largest absolute Gasteiger partial charge is 0.506 e. The monoisotopic (exact) mass is 297 g/mol. The highest BCUT2D eigenvalue weighted by Crippen LogP contribution is 2.35. The number of benzene rings is 1. The summed E-state index contributed by atoms with van der Waals surface area (Å²) in [7, 11) is 1.49. The zero-order valence-electron chi connectivity index (χ0n) is 10.3. The van der Waals surface area contributed by atoms with Crippen LogP contribution < -0.4 is 10.2 Å². The fourth-order valence-electron chi connectivity index (χ4n) is 1.39. The van der Waals surface area contributed by atoms with E-state index in [4.69, 9.17) is 16.3 Å². The minimum absolute atomic E-state index is 0.0677. The summed E-state index contributed by atoms with van der Waals surface area (Å²) in [6.07, 6.45) is 1.47. The number of aromatic nitrogens is 1. The Morgan fingerprint density at radius 2 is 2.32 bits per heavy atom. The van der Waals surface area contributed by atoms with Gasteiger partial charge in [0.25, 0.3) is 0 Å². The molecule has 7 heteroatoms. The van der Waals surface area contributed by atoms with Crippen LogP contribution in [0, 0.1) is 6.92 Å². The van der Waals surface area contributed by atoms with Crippen LogP contribution in [0.15, 0.2) is 22.6 Å². The number of ether oxygens (including phenoxy) is 1. The fraction of sp³-hybridized carbons (Fsp3) is 0.167. The van der Waals surface area contributed by atoms with E-state index in [0.717, 1.165) is 5.69 Å². The van der Waals surface area contributed by atoms with Gasteiger partial charge in [0.2, 0.25) is 5.13 Å². The average molecular weight is 298 g/mol. The van der Waals surface area contributed by atoms with Crippen molar-refractivity contribution < 1.29 is 9.84 Å². The third kappa shape index (κ3) is 3.15. The molecule has 0 unspecified atom stereocenters. The van der Waals surface area contributed by atoms with Crippen LogP contribution in [-0.2, 0) is 0 Å². The highest BCUT2D eigenvalue weighted by molar-refractivity contribution is 7.13. The number of nitrogens with zero attached hydrogens (tertiary/aromatic N) is 2. The first-order valence-corrected chi connectivity index (χ1v) is 6.64. The molecule has 0 saturated heterocycles. The van der Waals surface area contributed by atoms with Crippen molar-refractivity contribution in [1.29, 1.82) is 0 Å². The highest BCUT2D eigenvalue weighted by Gasteiger charge is 2.09. The summed E-state index contributed by atoms with van der Waals surface area (Å²) < 4.78 is 5.00. The van der Waals surface area contributed by atoms with E-state index in [1.807, 2.05) is 12.3 Å². The molecule has 0 amide bonds. The zero-order valence-corrected chi connectivity index (χ0v) is 11.9. The maximum Gasteiger partial charge on any atom is 0.203 e. The zero-order chi connectivity index (χ0) is 13.8. The van der Waals surface area contributed by atoms with Gasteiger partial charge in [0, 0.05) is 10.9 Å². The number of methoxy groups -OCH3 is 1. The summed E-state index contributed by atoms with van der Waals surface area (Å²) in [5.41, 5.74) is 4.20. The van der Waals surface area contributed by atoms with Gasteiger partial charge in [-0.1, -0.05) is 11.6 Å². The summed E-state index contributed by atoms with van der Waals surface area (Å²) in [5.74, 6) is 0.349. The van der Waals surface area contributed by atoms with E-state index in [0.29, 0.717) is 16.4 Å². The van der Waals surface area contributed by atoms with Crippen molar-refractivity contribution in [3.8, 4) is 11.5 Å². The van der Waals surface area contributed by atoms with Gasteiger partial charge in [-0.25, -0.2) is 4.98 Å². The molecule has 0 aliphatic rings. The number of hydrogen-bond donors (Lipinski definition) is 2. The predicted molar refractivity (Wildman–Crippen MR) is 77.7 cm³/mol. The molecule has 2 N–H and O–H groups in total. The van der Waals surface area contributed by atoms with Gasteiger partial charge in [-0.05, 0) is 19.1 Å². The lowest BCUT2D eigenvalue weighted by molar-refractivity contribution is 0.408. The van der Waals surface area contributed by atoms with Crippen molar-refractivity contribution in [2.45, 2.75) is 6.92 Å². The predicted octanol–water partition coefficient (Wildman–Crippen LogP) is 3.27. The summed E-state index contributed by atoms with van der Waals surface area (Å²) >= 11 is 7.38. The molecule has 2 rings (SSSR count). The van der Waals surface area contributed by atoms with Crippen molar-refractivity contribution in [2.75, 3.05) is 12.5 Å². The van der Waals surface area contributed by atoms with Crippen molar-refractivity contribution in [2.24, 2.45) is 5.10 Å². The summed E-state index contributed by atoms with van der Waals surface area (Å²) in [5, 5.41) is 16.6. The van der Waals surface area contributed by atoms with Gasteiger partial charge < -0.3 is 9.84 Å². The van der Waals surface area contributed by atoms with Gasteiger partial charge in [-0.15, -0.1) is 11.3 Å². The number of hydrazone groups is 1. The third-order valence-electron chi connectivity index (χ3n) is 2.31. The summed E-state index contributed by atoms with van der Waals surface area (Å²) in [6, 6.07) is 3.33. The van der Waals surface area contributed by atoms with E-state index in [-0.39, 0.29) is 10.8 Å². The van der Waals surface area contributed by atoms with Crippen LogP contribution in [0.3, 0.4) is 0 Å². The number of nitrogens with one attached hydrogen (secondary N) is 1. The van der Waals surface area contributed by atoms with Gasteiger partial charge in [0.05, 0.1) is 19.0 Å². The molecule has 0 spiro atoms. The number of aromatic hydroxyl groups is 1. The Morgan fingerprint density at radius 1 is 1.53 bits per heavy atom. The van der Waals surface area contributed by atoms with E-state index in [1.165, 1.54) is 24.7 Å². The fourth-order valence-corrected chi connectivity index (χ4v) is 2.27. The van der Waals surface area contributed by atoms with Crippen LogP contribution in [-0.4, -0.2) is 23.4 Å². The topological polar surface area (TPSA) is 66.7 Å². The molecule has 0 aliphatic heterocycles. The quantitative estimate of drug-likeness (QED) is 0.671. The van der Waals surface area contributed by atoms with Gasteiger partial charge in [0.1, 0.15) is 16.5 Å². The van der Waals surface area contributed by atoms with Crippen molar-refractivity contribution in [1.82, 2.24) is 4.98 Å². The molecule has 1 aromatic carbocycles. The number of phenols is 1. The maximum absolute atomic E-state index is 9.87. The number of anilines is 1. The lowest BCUT2D eigenvalue weighted by Crippen LogP contribution is -1.92.